The molecule has 0 aliphatic heterocycles. The number of sulfonamides is 1. The standard InChI is InChI=1S/C27H26N2O3S/c1-20(2)21-13-16-25(17-14-21)29(33(31,32)26-10-4-3-5-11-26)19-27(30)28-24-15-12-22-8-6-7-9-23(22)18-24/h3-18,20H,19H2,1-2H3,(H,28,30). The van der Waals surface area contributed by atoms with E-state index in [9.17, 15) is 13.2 Å². The second-order valence-electron chi connectivity index (χ2n) is 8.18. The second kappa shape index (κ2) is 9.46. The lowest BCUT2D eigenvalue weighted by Crippen LogP contribution is -2.38. The van der Waals surface area contributed by atoms with Crippen molar-refractivity contribution in [2.45, 2.75) is 24.7 Å². The number of amides is 1. The van der Waals surface area contributed by atoms with E-state index in [0.717, 1.165) is 20.6 Å². The Kier molecular flexibility index (Phi) is 6.47. The number of rotatable bonds is 7. The summed E-state index contributed by atoms with van der Waals surface area (Å²) in [5, 5.41) is 4.90. The molecule has 4 aromatic carbocycles. The van der Waals surface area contributed by atoms with E-state index in [1.807, 2.05) is 54.6 Å². The van der Waals surface area contributed by atoms with Gasteiger partial charge in [-0.1, -0.05) is 74.5 Å². The minimum atomic E-state index is -3.94. The molecule has 4 rings (SSSR count). The fraction of sp³-hybridized carbons (Fsp3) is 0.148. The minimum absolute atomic E-state index is 0.136. The van der Waals surface area contributed by atoms with E-state index in [2.05, 4.69) is 19.2 Å². The summed E-state index contributed by atoms with van der Waals surface area (Å²) in [6, 6.07) is 28.9. The van der Waals surface area contributed by atoms with Crippen LogP contribution in [0.2, 0.25) is 0 Å². The molecule has 33 heavy (non-hydrogen) atoms. The normalized spacial score (nSPS) is 11.5. The smallest absolute Gasteiger partial charge is 0.264 e. The van der Waals surface area contributed by atoms with E-state index < -0.39 is 15.9 Å². The van der Waals surface area contributed by atoms with Crippen molar-refractivity contribution in [2.75, 3.05) is 16.2 Å². The molecule has 0 bridgehead atoms. The lowest BCUT2D eigenvalue weighted by atomic mass is 10.0. The fourth-order valence-electron chi connectivity index (χ4n) is 3.66. The first kappa shape index (κ1) is 22.6. The molecule has 0 atom stereocenters. The molecule has 0 saturated heterocycles. The monoisotopic (exact) mass is 458 g/mol. The molecule has 0 saturated carbocycles. The zero-order chi connectivity index (χ0) is 23.4. The molecule has 0 aromatic heterocycles. The van der Waals surface area contributed by atoms with Gasteiger partial charge in [0, 0.05) is 5.69 Å². The van der Waals surface area contributed by atoms with Crippen LogP contribution in [-0.2, 0) is 14.8 Å². The molecule has 0 unspecified atom stereocenters. The van der Waals surface area contributed by atoms with Gasteiger partial charge in [-0.15, -0.1) is 0 Å². The van der Waals surface area contributed by atoms with Gasteiger partial charge < -0.3 is 5.32 Å². The SMILES string of the molecule is CC(C)c1ccc(N(CC(=O)Nc2ccc3ccccc3c2)S(=O)(=O)c2ccccc2)cc1. The van der Waals surface area contributed by atoms with Crippen molar-refractivity contribution >= 4 is 38.1 Å². The highest BCUT2D eigenvalue weighted by Gasteiger charge is 2.27. The van der Waals surface area contributed by atoms with Crippen LogP contribution in [0.25, 0.3) is 10.8 Å². The molecule has 6 heteroatoms. The van der Waals surface area contributed by atoms with Crippen LogP contribution in [0.15, 0.2) is 102 Å². The molecule has 1 amide bonds. The summed E-state index contributed by atoms with van der Waals surface area (Å²) in [5.74, 6) is -0.104. The maximum absolute atomic E-state index is 13.5. The van der Waals surface area contributed by atoms with Crippen LogP contribution in [0.1, 0.15) is 25.3 Å². The van der Waals surface area contributed by atoms with Gasteiger partial charge in [0.25, 0.3) is 10.0 Å². The van der Waals surface area contributed by atoms with E-state index >= 15 is 0 Å². The average Bonchev–Trinajstić information content (AvgIpc) is 2.83. The van der Waals surface area contributed by atoms with Crippen LogP contribution in [0.4, 0.5) is 11.4 Å². The average molecular weight is 459 g/mol. The van der Waals surface area contributed by atoms with Crippen molar-refractivity contribution in [3.05, 3.63) is 103 Å². The van der Waals surface area contributed by atoms with Gasteiger partial charge in [-0.2, -0.15) is 0 Å². The number of anilines is 2. The zero-order valence-electron chi connectivity index (χ0n) is 18.6. The molecule has 168 valence electrons. The van der Waals surface area contributed by atoms with Gasteiger partial charge in [-0.05, 0) is 58.7 Å². The van der Waals surface area contributed by atoms with Crippen molar-refractivity contribution in [1.29, 1.82) is 0 Å². The van der Waals surface area contributed by atoms with Crippen LogP contribution in [0.5, 0.6) is 0 Å². The van der Waals surface area contributed by atoms with Crippen LogP contribution >= 0.6 is 0 Å². The first-order valence-corrected chi connectivity index (χ1v) is 12.2. The first-order chi connectivity index (χ1) is 15.8. The molecule has 0 heterocycles. The van der Waals surface area contributed by atoms with E-state index in [-0.39, 0.29) is 11.4 Å². The van der Waals surface area contributed by atoms with E-state index in [4.69, 9.17) is 0 Å². The summed E-state index contributed by atoms with van der Waals surface area (Å²) in [6.45, 7) is 3.81. The third-order valence-corrected chi connectivity index (χ3v) is 7.29. The predicted molar refractivity (Wildman–Crippen MR) is 134 cm³/mol. The topological polar surface area (TPSA) is 66.5 Å². The van der Waals surface area contributed by atoms with Crippen molar-refractivity contribution in [3.63, 3.8) is 0 Å². The summed E-state index contributed by atoms with van der Waals surface area (Å²) in [5.41, 5.74) is 2.15. The molecule has 0 aliphatic rings. The number of hydrogen-bond acceptors (Lipinski definition) is 3. The highest BCUT2D eigenvalue weighted by atomic mass is 32.2. The third-order valence-electron chi connectivity index (χ3n) is 5.50. The Morgan fingerprint density at radius 3 is 2.12 bits per heavy atom. The molecular weight excluding hydrogens is 432 g/mol. The number of carbonyl (C=O) groups is 1. The van der Waals surface area contributed by atoms with Crippen molar-refractivity contribution in [3.8, 4) is 0 Å². The van der Waals surface area contributed by atoms with Gasteiger partial charge in [0.15, 0.2) is 0 Å². The molecule has 0 radical (unpaired) electrons. The van der Waals surface area contributed by atoms with Gasteiger partial charge in [-0.3, -0.25) is 9.10 Å². The third kappa shape index (κ3) is 5.07. The van der Waals surface area contributed by atoms with Crippen molar-refractivity contribution in [2.24, 2.45) is 0 Å². The Morgan fingerprint density at radius 2 is 1.45 bits per heavy atom. The minimum Gasteiger partial charge on any atom is -0.324 e. The number of nitrogens with one attached hydrogen (secondary N) is 1. The van der Waals surface area contributed by atoms with Crippen LogP contribution < -0.4 is 9.62 Å². The van der Waals surface area contributed by atoms with Crippen molar-refractivity contribution in [1.82, 2.24) is 0 Å². The Labute approximate surface area is 194 Å². The molecule has 0 spiro atoms. The lowest BCUT2D eigenvalue weighted by molar-refractivity contribution is -0.114. The van der Waals surface area contributed by atoms with Gasteiger partial charge in [0.2, 0.25) is 5.91 Å². The molecule has 1 N–H and O–H groups in total. The number of nitrogens with zero attached hydrogens (tertiary/aromatic N) is 1. The maximum Gasteiger partial charge on any atom is 0.264 e. The Bertz CT molecular complexity index is 1370. The first-order valence-electron chi connectivity index (χ1n) is 10.8. The quantitative estimate of drug-likeness (QED) is 0.381. The summed E-state index contributed by atoms with van der Waals surface area (Å²) in [7, 11) is -3.94. The largest absolute Gasteiger partial charge is 0.324 e. The van der Waals surface area contributed by atoms with Gasteiger partial charge in [0.05, 0.1) is 10.6 Å². The Balaban J connectivity index is 1.64. The summed E-state index contributed by atoms with van der Waals surface area (Å²) >= 11 is 0. The predicted octanol–water partition coefficient (Wildman–Crippen LogP) is 5.80. The fourth-order valence-corrected chi connectivity index (χ4v) is 5.10. The highest BCUT2D eigenvalue weighted by molar-refractivity contribution is 7.92. The van der Waals surface area contributed by atoms with Gasteiger partial charge in [-0.25, -0.2) is 8.42 Å². The molecule has 0 aliphatic carbocycles. The van der Waals surface area contributed by atoms with E-state index in [1.54, 1.807) is 30.3 Å². The molecular formula is C27H26N2O3S. The molecule has 5 nitrogen and oxygen atoms in total. The Hall–Kier alpha value is -3.64. The van der Waals surface area contributed by atoms with Crippen LogP contribution in [-0.4, -0.2) is 20.9 Å². The summed E-state index contributed by atoms with van der Waals surface area (Å²) in [6.07, 6.45) is 0. The van der Waals surface area contributed by atoms with E-state index in [0.29, 0.717) is 17.3 Å². The zero-order valence-corrected chi connectivity index (χ0v) is 19.4. The summed E-state index contributed by atoms with van der Waals surface area (Å²) < 4.78 is 28.1. The summed E-state index contributed by atoms with van der Waals surface area (Å²) in [4.78, 5) is 13.1. The maximum atomic E-state index is 13.5. The van der Waals surface area contributed by atoms with Gasteiger partial charge >= 0.3 is 0 Å². The molecule has 0 fully saturated rings. The highest BCUT2D eigenvalue weighted by Crippen LogP contribution is 2.26. The lowest BCUT2D eigenvalue weighted by Gasteiger charge is -2.24. The Morgan fingerprint density at radius 1 is 0.818 bits per heavy atom. The second-order valence-corrected chi connectivity index (χ2v) is 10.0. The molecule has 4 aromatic rings. The van der Waals surface area contributed by atoms with Crippen LogP contribution in [0.3, 0.4) is 0 Å². The van der Waals surface area contributed by atoms with E-state index in [1.165, 1.54) is 12.1 Å². The van der Waals surface area contributed by atoms with Crippen LogP contribution in [0, 0.1) is 0 Å². The number of carbonyl (C=O) groups excluding carboxylic acids is 1. The number of fused-ring (bicyclic) bond motifs is 1. The van der Waals surface area contributed by atoms with Crippen molar-refractivity contribution < 1.29 is 13.2 Å². The number of hydrogen-bond donors (Lipinski definition) is 1. The van der Waals surface area contributed by atoms with Gasteiger partial charge in [0.1, 0.15) is 6.54 Å². The number of benzene rings is 4.